The first-order chi connectivity index (χ1) is 8.70. The van der Waals surface area contributed by atoms with E-state index in [-0.39, 0.29) is 0 Å². The zero-order valence-corrected chi connectivity index (χ0v) is 14.0. The van der Waals surface area contributed by atoms with Gasteiger partial charge in [-0.2, -0.15) is 0 Å². The monoisotopic (exact) mass is 388 g/mol. The van der Waals surface area contributed by atoms with Gasteiger partial charge in [-0.1, -0.05) is 6.92 Å². The van der Waals surface area contributed by atoms with Crippen molar-refractivity contribution in [3.8, 4) is 0 Å². The van der Waals surface area contributed by atoms with Crippen molar-refractivity contribution >= 4 is 43.2 Å². The minimum atomic E-state index is 0.352. The van der Waals surface area contributed by atoms with Gasteiger partial charge in [0.05, 0.1) is 3.79 Å². The molecule has 0 fully saturated rings. The molecule has 2 rings (SSSR count). The third kappa shape index (κ3) is 3.63. The number of likely N-dealkylation sites (N-methyl/N-ethyl adjacent to an activating group) is 1. The highest BCUT2D eigenvalue weighted by molar-refractivity contribution is 9.13. The van der Waals surface area contributed by atoms with Gasteiger partial charge in [-0.05, 0) is 68.6 Å². The number of hydrogen-bond donors (Lipinski definition) is 1. The maximum atomic E-state index is 4.06. The normalized spacial score (nSPS) is 12.6. The molecule has 0 aliphatic carbocycles. The van der Waals surface area contributed by atoms with Gasteiger partial charge in [0.2, 0.25) is 0 Å². The molecule has 1 unspecified atom stereocenters. The largest absolute Gasteiger partial charge is 0.309 e. The maximum absolute atomic E-state index is 4.06. The lowest BCUT2D eigenvalue weighted by molar-refractivity contribution is 0.558. The SMILES string of the molecule is CCNC(Cc1ccncc1)c1cc(Br)c(Br)s1. The molecule has 0 saturated carbocycles. The van der Waals surface area contributed by atoms with E-state index < -0.39 is 0 Å². The van der Waals surface area contributed by atoms with Crippen LogP contribution in [0.15, 0.2) is 38.9 Å². The Morgan fingerprint density at radius 1 is 1.33 bits per heavy atom. The molecule has 0 amide bonds. The number of aromatic nitrogens is 1. The lowest BCUT2D eigenvalue weighted by atomic mass is 10.1. The van der Waals surface area contributed by atoms with E-state index in [2.05, 4.69) is 67.3 Å². The molecule has 2 nitrogen and oxygen atoms in total. The number of nitrogens with zero attached hydrogens (tertiary/aromatic N) is 1. The molecule has 1 N–H and O–H groups in total. The van der Waals surface area contributed by atoms with E-state index in [0.29, 0.717) is 6.04 Å². The van der Waals surface area contributed by atoms with Crippen LogP contribution in [0.25, 0.3) is 0 Å². The van der Waals surface area contributed by atoms with Gasteiger partial charge in [-0.25, -0.2) is 0 Å². The molecule has 18 heavy (non-hydrogen) atoms. The van der Waals surface area contributed by atoms with Gasteiger partial charge < -0.3 is 5.32 Å². The molecular formula is C13H14Br2N2S. The van der Waals surface area contributed by atoms with Gasteiger partial charge in [-0.15, -0.1) is 11.3 Å². The minimum absolute atomic E-state index is 0.352. The molecule has 2 aromatic rings. The van der Waals surface area contributed by atoms with Crippen LogP contribution in [-0.2, 0) is 6.42 Å². The van der Waals surface area contributed by atoms with Gasteiger partial charge in [0.25, 0.3) is 0 Å². The van der Waals surface area contributed by atoms with Crippen LogP contribution in [0.4, 0.5) is 0 Å². The summed E-state index contributed by atoms with van der Waals surface area (Å²) in [5.41, 5.74) is 1.30. The Bertz CT molecular complexity index is 479. The number of rotatable bonds is 5. The van der Waals surface area contributed by atoms with Gasteiger partial charge in [0, 0.05) is 27.8 Å². The zero-order valence-electron chi connectivity index (χ0n) is 9.99. The standard InChI is InChI=1S/C13H14Br2N2S/c1-2-17-11(7-9-3-5-16-6-4-9)12-8-10(14)13(15)18-12/h3-6,8,11,17H,2,7H2,1H3. The fraction of sp³-hybridized carbons (Fsp3) is 0.308. The van der Waals surface area contributed by atoms with E-state index in [1.165, 1.54) is 10.4 Å². The quantitative estimate of drug-likeness (QED) is 0.810. The molecule has 5 heteroatoms. The molecule has 0 radical (unpaired) electrons. The average Bonchev–Trinajstić information content (AvgIpc) is 2.70. The van der Waals surface area contributed by atoms with Crippen molar-refractivity contribution in [2.75, 3.05) is 6.54 Å². The van der Waals surface area contributed by atoms with Crippen LogP contribution in [0.2, 0.25) is 0 Å². The van der Waals surface area contributed by atoms with E-state index in [4.69, 9.17) is 0 Å². The van der Waals surface area contributed by atoms with Gasteiger partial charge in [0.1, 0.15) is 0 Å². The van der Waals surface area contributed by atoms with Crippen LogP contribution in [0.5, 0.6) is 0 Å². The second-order valence-electron chi connectivity index (χ2n) is 3.94. The summed E-state index contributed by atoms with van der Waals surface area (Å²) in [6.45, 7) is 3.10. The molecule has 0 bridgehead atoms. The van der Waals surface area contributed by atoms with Crippen molar-refractivity contribution in [1.82, 2.24) is 10.3 Å². The lowest BCUT2D eigenvalue weighted by Gasteiger charge is -2.16. The highest BCUT2D eigenvalue weighted by Gasteiger charge is 2.15. The predicted molar refractivity (Wildman–Crippen MR) is 84.1 cm³/mol. The van der Waals surface area contributed by atoms with Crippen LogP contribution < -0.4 is 5.32 Å². The average molecular weight is 390 g/mol. The lowest BCUT2D eigenvalue weighted by Crippen LogP contribution is -2.22. The van der Waals surface area contributed by atoms with Crippen LogP contribution in [0.3, 0.4) is 0 Å². The minimum Gasteiger partial charge on any atom is -0.309 e. The molecule has 0 aromatic carbocycles. The summed E-state index contributed by atoms with van der Waals surface area (Å²) in [6.07, 6.45) is 4.67. The second-order valence-corrected chi connectivity index (χ2v) is 7.20. The fourth-order valence-electron chi connectivity index (χ4n) is 1.81. The van der Waals surface area contributed by atoms with Crippen molar-refractivity contribution in [2.24, 2.45) is 0 Å². The molecule has 2 heterocycles. The van der Waals surface area contributed by atoms with Crippen molar-refractivity contribution in [3.05, 3.63) is 49.3 Å². The molecule has 2 aromatic heterocycles. The highest BCUT2D eigenvalue weighted by atomic mass is 79.9. The van der Waals surface area contributed by atoms with Crippen LogP contribution >= 0.6 is 43.2 Å². The van der Waals surface area contributed by atoms with E-state index >= 15 is 0 Å². The first kappa shape index (κ1) is 14.2. The van der Waals surface area contributed by atoms with Crippen LogP contribution in [0.1, 0.15) is 23.4 Å². The number of thiophene rings is 1. The van der Waals surface area contributed by atoms with Crippen LogP contribution in [0, 0.1) is 0 Å². The number of pyridine rings is 1. The third-order valence-electron chi connectivity index (χ3n) is 2.65. The van der Waals surface area contributed by atoms with Gasteiger partial charge in [0.15, 0.2) is 0 Å². The summed E-state index contributed by atoms with van der Waals surface area (Å²) in [7, 11) is 0. The Morgan fingerprint density at radius 3 is 2.61 bits per heavy atom. The molecule has 96 valence electrons. The summed E-state index contributed by atoms with van der Waals surface area (Å²) >= 11 is 8.87. The summed E-state index contributed by atoms with van der Waals surface area (Å²) < 4.78 is 2.27. The van der Waals surface area contributed by atoms with Crippen molar-refractivity contribution < 1.29 is 0 Å². The Balaban J connectivity index is 2.18. The van der Waals surface area contributed by atoms with E-state index in [1.807, 2.05) is 12.4 Å². The smallest absolute Gasteiger partial charge is 0.0843 e. The Morgan fingerprint density at radius 2 is 2.06 bits per heavy atom. The van der Waals surface area contributed by atoms with Gasteiger partial charge in [-0.3, -0.25) is 4.98 Å². The highest BCUT2D eigenvalue weighted by Crippen LogP contribution is 2.36. The predicted octanol–water partition coefficient (Wildman–Crippen LogP) is 4.56. The molecule has 1 atom stereocenters. The van der Waals surface area contributed by atoms with Crippen molar-refractivity contribution in [2.45, 2.75) is 19.4 Å². The first-order valence-electron chi connectivity index (χ1n) is 5.77. The maximum Gasteiger partial charge on any atom is 0.0843 e. The van der Waals surface area contributed by atoms with Crippen molar-refractivity contribution in [3.63, 3.8) is 0 Å². The first-order valence-corrected chi connectivity index (χ1v) is 8.18. The zero-order chi connectivity index (χ0) is 13.0. The third-order valence-corrected chi connectivity index (χ3v) is 6.02. The topological polar surface area (TPSA) is 24.9 Å². The molecule has 0 saturated heterocycles. The number of hydrogen-bond acceptors (Lipinski definition) is 3. The summed E-state index contributed by atoms with van der Waals surface area (Å²) in [6, 6.07) is 6.68. The summed E-state index contributed by atoms with van der Waals surface area (Å²) in [5, 5.41) is 3.54. The number of nitrogens with one attached hydrogen (secondary N) is 1. The second kappa shape index (κ2) is 6.80. The summed E-state index contributed by atoms with van der Waals surface area (Å²) in [5.74, 6) is 0. The molecule has 0 spiro atoms. The Kier molecular flexibility index (Phi) is 5.36. The van der Waals surface area contributed by atoms with Crippen molar-refractivity contribution in [1.29, 1.82) is 0 Å². The molecular weight excluding hydrogens is 376 g/mol. The fourth-order valence-corrected chi connectivity index (χ4v) is 3.97. The molecule has 0 aliphatic heterocycles. The summed E-state index contributed by atoms with van der Waals surface area (Å²) in [4.78, 5) is 5.40. The van der Waals surface area contributed by atoms with E-state index in [9.17, 15) is 0 Å². The van der Waals surface area contributed by atoms with Gasteiger partial charge >= 0.3 is 0 Å². The van der Waals surface area contributed by atoms with E-state index in [0.717, 1.165) is 21.2 Å². The Labute approximate surface area is 128 Å². The number of halogens is 2. The Hall–Kier alpha value is -0.230. The molecule has 0 aliphatic rings. The van der Waals surface area contributed by atoms with Crippen LogP contribution in [-0.4, -0.2) is 11.5 Å². The van der Waals surface area contributed by atoms with E-state index in [1.54, 1.807) is 11.3 Å².